The molecule has 0 unspecified atom stereocenters. The van der Waals surface area contributed by atoms with E-state index in [9.17, 15) is 13.2 Å². The summed E-state index contributed by atoms with van der Waals surface area (Å²) in [5.41, 5.74) is 2.53. The average Bonchev–Trinajstić information content (AvgIpc) is 2.93. The summed E-state index contributed by atoms with van der Waals surface area (Å²) in [5, 5.41) is 3.63. The quantitative estimate of drug-likeness (QED) is 0.808. The van der Waals surface area contributed by atoms with Gasteiger partial charge in [0, 0.05) is 6.42 Å². The van der Waals surface area contributed by atoms with Gasteiger partial charge in [-0.3, -0.25) is 0 Å². The lowest BCUT2D eigenvalue weighted by Crippen LogP contribution is -2.20. The number of imidazole rings is 1. The van der Waals surface area contributed by atoms with Crippen molar-refractivity contribution < 1.29 is 13.2 Å². The molecular weight excluding hydrogens is 283 g/mol. The van der Waals surface area contributed by atoms with Crippen LogP contribution in [0.15, 0.2) is 24.5 Å². The Hall–Kier alpha value is -2.38. The summed E-state index contributed by atoms with van der Waals surface area (Å²) in [4.78, 5) is 11.3. The number of nitrogens with zero attached hydrogens (tertiary/aromatic N) is 4. The zero-order valence-corrected chi connectivity index (χ0v) is 11.1. The molecule has 1 N–H and O–H groups in total. The van der Waals surface area contributed by atoms with Crippen LogP contribution in [0.3, 0.4) is 0 Å². The highest BCUT2D eigenvalue weighted by atomic mass is 19.4. The number of aromatic amines is 1. The van der Waals surface area contributed by atoms with E-state index in [1.165, 1.54) is 0 Å². The van der Waals surface area contributed by atoms with Crippen LogP contribution in [0.2, 0.25) is 0 Å². The molecule has 5 nitrogen and oxygen atoms in total. The first-order valence-corrected chi connectivity index (χ1v) is 6.29. The Balaban J connectivity index is 1.86. The van der Waals surface area contributed by atoms with Crippen LogP contribution < -0.4 is 0 Å². The van der Waals surface area contributed by atoms with Crippen LogP contribution in [0.1, 0.15) is 17.2 Å². The molecule has 0 aliphatic carbocycles. The van der Waals surface area contributed by atoms with E-state index in [0.717, 1.165) is 33.4 Å². The molecule has 8 heteroatoms. The largest absolute Gasteiger partial charge is 0.408 e. The minimum absolute atomic E-state index is 0.280. The Labute approximate surface area is 117 Å². The predicted molar refractivity (Wildman–Crippen MR) is 69.7 cm³/mol. The van der Waals surface area contributed by atoms with Crippen molar-refractivity contribution in [2.45, 2.75) is 26.1 Å². The summed E-state index contributed by atoms with van der Waals surface area (Å²) in [6.45, 7) is 0.716. The lowest BCUT2D eigenvalue weighted by atomic mass is 10.1. The highest BCUT2D eigenvalue weighted by Crippen LogP contribution is 2.19. The molecule has 0 spiro atoms. The van der Waals surface area contributed by atoms with Gasteiger partial charge in [-0.1, -0.05) is 6.07 Å². The second-order valence-electron chi connectivity index (χ2n) is 4.80. The third kappa shape index (κ3) is 3.04. The first-order valence-electron chi connectivity index (χ1n) is 6.29. The molecule has 0 saturated carbocycles. The van der Waals surface area contributed by atoms with Crippen LogP contribution in [0.25, 0.3) is 11.0 Å². The molecule has 0 atom stereocenters. The fraction of sp³-hybridized carbons (Fsp3) is 0.308. The molecule has 0 radical (unpaired) electrons. The normalized spacial score (nSPS) is 12.2. The summed E-state index contributed by atoms with van der Waals surface area (Å²) < 4.78 is 38.2. The van der Waals surface area contributed by atoms with E-state index in [-0.39, 0.29) is 12.2 Å². The van der Waals surface area contributed by atoms with E-state index in [2.05, 4.69) is 20.1 Å². The van der Waals surface area contributed by atoms with Gasteiger partial charge in [0.25, 0.3) is 0 Å². The van der Waals surface area contributed by atoms with Gasteiger partial charge in [-0.2, -0.15) is 18.3 Å². The van der Waals surface area contributed by atoms with Crippen molar-refractivity contribution in [1.82, 2.24) is 24.7 Å². The maximum absolute atomic E-state index is 12.4. The Morgan fingerprint density at radius 2 is 2.10 bits per heavy atom. The molecule has 0 amide bonds. The number of halogens is 3. The minimum Gasteiger partial charge on any atom is -0.342 e. The molecule has 0 fully saturated rings. The van der Waals surface area contributed by atoms with Gasteiger partial charge >= 0.3 is 6.18 Å². The highest BCUT2D eigenvalue weighted by Gasteiger charge is 2.29. The molecular formula is C13H12F3N5. The third-order valence-corrected chi connectivity index (χ3v) is 3.05. The zero-order valence-electron chi connectivity index (χ0n) is 11.1. The maximum atomic E-state index is 12.4. The minimum atomic E-state index is -4.31. The van der Waals surface area contributed by atoms with Crippen molar-refractivity contribution in [2.24, 2.45) is 0 Å². The Bertz CT molecular complexity index is 772. The second kappa shape index (κ2) is 4.87. The number of hydrogen-bond donors (Lipinski definition) is 1. The van der Waals surface area contributed by atoms with Crippen LogP contribution in [0.4, 0.5) is 13.2 Å². The van der Waals surface area contributed by atoms with E-state index in [1.54, 1.807) is 0 Å². The number of nitrogens with one attached hydrogen (secondary N) is 1. The van der Waals surface area contributed by atoms with Gasteiger partial charge in [-0.15, -0.1) is 0 Å². The maximum Gasteiger partial charge on any atom is 0.408 e. The van der Waals surface area contributed by atoms with Crippen LogP contribution in [-0.4, -0.2) is 30.9 Å². The highest BCUT2D eigenvalue weighted by molar-refractivity contribution is 5.75. The molecule has 3 rings (SSSR count). The summed E-state index contributed by atoms with van der Waals surface area (Å²) in [7, 11) is 0. The molecule has 2 heterocycles. The molecule has 2 aromatic heterocycles. The van der Waals surface area contributed by atoms with E-state index in [1.807, 2.05) is 25.1 Å². The van der Waals surface area contributed by atoms with E-state index in [0.29, 0.717) is 0 Å². The Morgan fingerprint density at radius 3 is 2.86 bits per heavy atom. The van der Waals surface area contributed by atoms with Crippen molar-refractivity contribution in [2.75, 3.05) is 0 Å². The van der Waals surface area contributed by atoms with E-state index in [4.69, 9.17) is 0 Å². The number of rotatable bonds is 3. The first-order chi connectivity index (χ1) is 9.90. The molecule has 3 aromatic rings. The van der Waals surface area contributed by atoms with Gasteiger partial charge in [0.05, 0.1) is 11.0 Å². The van der Waals surface area contributed by atoms with Crippen molar-refractivity contribution in [3.8, 4) is 0 Å². The lowest BCUT2D eigenvalue weighted by Gasteiger charge is -2.09. The Morgan fingerprint density at radius 1 is 1.29 bits per heavy atom. The number of alkyl halides is 3. The van der Waals surface area contributed by atoms with Crippen LogP contribution in [0.5, 0.6) is 0 Å². The predicted octanol–water partition coefficient (Wildman–Crippen LogP) is 2.62. The number of aromatic nitrogens is 5. The van der Waals surface area contributed by atoms with Crippen molar-refractivity contribution >= 4 is 11.0 Å². The van der Waals surface area contributed by atoms with Gasteiger partial charge in [0.15, 0.2) is 0 Å². The summed E-state index contributed by atoms with van der Waals surface area (Å²) in [6, 6.07) is 5.52. The van der Waals surface area contributed by atoms with Gasteiger partial charge in [0.2, 0.25) is 0 Å². The van der Waals surface area contributed by atoms with E-state index < -0.39 is 12.7 Å². The topological polar surface area (TPSA) is 59.4 Å². The number of aryl methyl sites for hydroxylation is 1. The average molecular weight is 295 g/mol. The molecule has 110 valence electrons. The van der Waals surface area contributed by atoms with Gasteiger partial charge < -0.3 is 4.98 Å². The van der Waals surface area contributed by atoms with Crippen molar-refractivity contribution in [3.05, 3.63) is 41.7 Å². The number of hydrogen-bond acceptors (Lipinski definition) is 3. The number of benzene rings is 1. The first kappa shape index (κ1) is 13.6. The smallest absolute Gasteiger partial charge is 0.342 e. The number of fused-ring (bicyclic) bond motifs is 1. The van der Waals surface area contributed by atoms with Gasteiger partial charge in [-0.25, -0.2) is 14.6 Å². The summed E-state index contributed by atoms with van der Waals surface area (Å²) in [5.74, 6) is 1.07. The lowest BCUT2D eigenvalue weighted by molar-refractivity contribution is -0.143. The monoisotopic (exact) mass is 295 g/mol. The second-order valence-corrected chi connectivity index (χ2v) is 4.80. The Kier molecular flexibility index (Phi) is 3.15. The molecule has 0 aliphatic heterocycles. The van der Waals surface area contributed by atoms with Crippen LogP contribution in [-0.2, 0) is 13.0 Å². The summed E-state index contributed by atoms with van der Waals surface area (Å²) >= 11 is 0. The molecule has 1 aromatic carbocycles. The fourth-order valence-corrected chi connectivity index (χ4v) is 2.20. The summed E-state index contributed by atoms with van der Waals surface area (Å²) in [6.07, 6.45) is -2.89. The zero-order chi connectivity index (χ0) is 15.0. The molecule has 0 saturated heterocycles. The van der Waals surface area contributed by atoms with Crippen molar-refractivity contribution in [1.29, 1.82) is 0 Å². The van der Waals surface area contributed by atoms with Gasteiger partial charge in [0.1, 0.15) is 24.5 Å². The molecule has 0 aliphatic rings. The fourth-order valence-electron chi connectivity index (χ4n) is 2.20. The van der Waals surface area contributed by atoms with Crippen LogP contribution >= 0.6 is 0 Å². The van der Waals surface area contributed by atoms with Crippen LogP contribution in [0, 0.1) is 6.92 Å². The standard InChI is InChI=1S/C13H12F3N5/c1-8-19-10-3-2-9(4-11(10)20-8)5-12-17-7-18-21(12)6-13(14,15)16/h2-4,7H,5-6H2,1H3,(H,19,20). The van der Waals surface area contributed by atoms with Crippen molar-refractivity contribution in [3.63, 3.8) is 0 Å². The van der Waals surface area contributed by atoms with E-state index >= 15 is 0 Å². The number of H-pyrrole nitrogens is 1. The molecule has 21 heavy (non-hydrogen) atoms. The molecule has 0 bridgehead atoms. The SMILES string of the molecule is Cc1nc2ccc(Cc3ncnn3CC(F)(F)F)cc2[nH]1. The van der Waals surface area contributed by atoms with Gasteiger partial charge in [-0.05, 0) is 24.6 Å². The third-order valence-electron chi connectivity index (χ3n) is 3.05.